The van der Waals surface area contributed by atoms with Crippen molar-refractivity contribution in [3.63, 3.8) is 0 Å². The molecule has 0 saturated heterocycles. The zero-order valence-electron chi connectivity index (χ0n) is 13.0. The Bertz CT molecular complexity index is 601. The molecule has 2 rings (SSSR count). The van der Waals surface area contributed by atoms with Crippen LogP contribution in [0, 0.1) is 11.3 Å². The van der Waals surface area contributed by atoms with E-state index in [1.165, 1.54) is 25.7 Å². The van der Waals surface area contributed by atoms with E-state index in [-0.39, 0.29) is 0 Å². The lowest BCUT2D eigenvalue weighted by Gasteiger charge is -2.02. The van der Waals surface area contributed by atoms with E-state index in [9.17, 15) is 0 Å². The van der Waals surface area contributed by atoms with Crippen LogP contribution < -0.4 is 5.32 Å². The van der Waals surface area contributed by atoms with E-state index in [1.807, 2.05) is 12.1 Å². The van der Waals surface area contributed by atoms with Crippen LogP contribution in [0.15, 0.2) is 28.9 Å². The average molecular weight is 298 g/mol. The number of aromatic nitrogens is 2. The number of unbranched alkanes of at least 4 members (excludes halogenated alkanes) is 4. The maximum atomic E-state index is 9.15. The Morgan fingerprint density at radius 2 is 2.14 bits per heavy atom. The summed E-state index contributed by atoms with van der Waals surface area (Å²) in [6, 6.07) is 5.93. The highest BCUT2D eigenvalue weighted by Crippen LogP contribution is 2.19. The number of rotatable bonds is 9. The minimum atomic E-state index is 0.326. The number of nitrogens with zero attached hydrogens (tertiary/aromatic N) is 3. The van der Waals surface area contributed by atoms with Crippen molar-refractivity contribution < 1.29 is 4.42 Å². The molecule has 0 fully saturated rings. The summed E-state index contributed by atoms with van der Waals surface area (Å²) >= 11 is 0. The molecule has 0 saturated carbocycles. The molecule has 0 atom stereocenters. The van der Waals surface area contributed by atoms with Crippen LogP contribution in [0.4, 0.5) is 5.88 Å². The lowest BCUT2D eigenvalue weighted by molar-refractivity contribution is 0.487. The van der Waals surface area contributed by atoms with Gasteiger partial charge in [0.05, 0.1) is 0 Å². The number of hydrogen-bond acceptors (Lipinski definition) is 5. The molecular formula is C17H22N4O. The molecule has 5 heteroatoms. The first-order valence-electron chi connectivity index (χ1n) is 7.86. The van der Waals surface area contributed by atoms with Crippen molar-refractivity contribution in [1.29, 1.82) is 5.26 Å². The van der Waals surface area contributed by atoms with E-state index in [2.05, 4.69) is 28.3 Å². The second-order valence-corrected chi connectivity index (χ2v) is 5.28. The zero-order valence-corrected chi connectivity index (χ0v) is 13.0. The molecule has 0 bridgehead atoms. The first kappa shape index (κ1) is 16.0. The smallest absolute Gasteiger partial charge is 0.232 e. The number of nitriles is 1. The third-order valence-electron chi connectivity index (χ3n) is 3.45. The molecule has 0 aliphatic carbocycles. The van der Waals surface area contributed by atoms with Crippen molar-refractivity contribution in [3.05, 3.63) is 41.7 Å². The van der Waals surface area contributed by atoms with E-state index in [0.717, 1.165) is 18.4 Å². The molecule has 0 unspecified atom stereocenters. The quantitative estimate of drug-likeness (QED) is 0.706. The second kappa shape index (κ2) is 8.83. The molecule has 22 heavy (non-hydrogen) atoms. The Kier molecular flexibility index (Phi) is 6.43. The first-order chi connectivity index (χ1) is 10.8. The summed E-state index contributed by atoms with van der Waals surface area (Å²) in [6.45, 7) is 2.77. The zero-order chi connectivity index (χ0) is 15.6. The van der Waals surface area contributed by atoms with E-state index in [0.29, 0.717) is 24.0 Å². The van der Waals surface area contributed by atoms with Gasteiger partial charge in [-0.1, -0.05) is 38.7 Å². The normalized spacial score (nSPS) is 10.4. The number of oxazole rings is 1. The lowest BCUT2D eigenvalue weighted by Crippen LogP contribution is -2.00. The van der Waals surface area contributed by atoms with Gasteiger partial charge >= 0.3 is 0 Å². The number of hydrogen-bond donors (Lipinski definition) is 1. The highest BCUT2D eigenvalue weighted by Gasteiger charge is 2.12. The van der Waals surface area contributed by atoms with Gasteiger partial charge in [0, 0.05) is 25.4 Å². The van der Waals surface area contributed by atoms with Gasteiger partial charge in [-0.2, -0.15) is 5.26 Å². The molecule has 116 valence electrons. The molecule has 0 aliphatic rings. The number of anilines is 1. The van der Waals surface area contributed by atoms with Crippen molar-refractivity contribution in [2.24, 2.45) is 0 Å². The second-order valence-electron chi connectivity index (χ2n) is 5.28. The number of pyridine rings is 1. The summed E-state index contributed by atoms with van der Waals surface area (Å²) in [6.07, 6.45) is 10.3. The van der Waals surface area contributed by atoms with Crippen LogP contribution in [0.5, 0.6) is 0 Å². The third-order valence-corrected chi connectivity index (χ3v) is 3.45. The van der Waals surface area contributed by atoms with Gasteiger partial charge < -0.3 is 9.73 Å². The monoisotopic (exact) mass is 298 g/mol. The topological polar surface area (TPSA) is 74.7 Å². The van der Waals surface area contributed by atoms with Gasteiger partial charge in [-0.15, -0.1) is 0 Å². The predicted molar refractivity (Wildman–Crippen MR) is 85.2 cm³/mol. The summed E-state index contributed by atoms with van der Waals surface area (Å²) in [5.41, 5.74) is 1.36. The van der Waals surface area contributed by atoms with Gasteiger partial charge in [0.25, 0.3) is 0 Å². The Balaban J connectivity index is 1.87. The van der Waals surface area contributed by atoms with Crippen molar-refractivity contribution in [2.45, 2.75) is 52.0 Å². The Morgan fingerprint density at radius 1 is 1.27 bits per heavy atom. The predicted octanol–water partition coefficient (Wildman–Crippen LogP) is 4.07. The van der Waals surface area contributed by atoms with Crippen molar-refractivity contribution >= 4 is 5.88 Å². The van der Waals surface area contributed by atoms with Crippen LogP contribution >= 0.6 is 0 Å². The van der Waals surface area contributed by atoms with Crippen molar-refractivity contribution in [2.75, 3.05) is 5.32 Å². The van der Waals surface area contributed by atoms with Gasteiger partial charge in [0.1, 0.15) is 6.07 Å². The summed E-state index contributed by atoms with van der Waals surface area (Å²) in [7, 11) is 0. The van der Waals surface area contributed by atoms with Crippen LogP contribution in [-0.2, 0) is 13.0 Å². The third kappa shape index (κ3) is 4.88. The average Bonchev–Trinajstić information content (AvgIpc) is 2.96. The van der Waals surface area contributed by atoms with Gasteiger partial charge in [-0.25, -0.2) is 4.98 Å². The van der Waals surface area contributed by atoms with Crippen LogP contribution in [0.25, 0.3) is 0 Å². The molecule has 2 aromatic rings. The minimum Gasteiger partial charge on any atom is -0.424 e. The largest absolute Gasteiger partial charge is 0.424 e. The molecule has 2 heterocycles. The molecule has 5 nitrogen and oxygen atoms in total. The first-order valence-corrected chi connectivity index (χ1v) is 7.86. The SMILES string of the molecule is CCCCCCCc1nc(C#N)c(NCc2cccnc2)o1. The molecule has 0 radical (unpaired) electrons. The lowest BCUT2D eigenvalue weighted by atomic mass is 10.1. The molecular weight excluding hydrogens is 276 g/mol. The highest BCUT2D eigenvalue weighted by atomic mass is 16.4. The fourth-order valence-electron chi connectivity index (χ4n) is 2.23. The maximum absolute atomic E-state index is 9.15. The van der Waals surface area contributed by atoms with Gasteiger partial charge in [0.15, 0.2) is 5.89 Å². The van der Waals surface area contributed by atoms with Crippen molar-refractivity contribution in [3.8, 4) is 6.07 Å². The van der Waals surface area contributed by atoms with E-state index in [1.54, 1.807) is 12.4 Å². The number of aryl methyl sites for hydroxylation is 1. The molecule has 0 spiro atoms. The van der Waals surface area contributed by atoms with E-state index >= 15 is 0 Å². The van der Waals surface area contributed by atoms with E-state index < -0.39 is 0 Å². The summed E-state index contributed by atoms with van der Waals surface area (Å²) in [5, 5.41) is 12.3. The minimum absolute atomic E-state index is 0.326. The Labute approximate surface area is 131 Å². The number of nitrogens with one attached hydrogen (secondary N) is 1. The molecule has 2 aromatic heterocycles. The van der Waals surface area contributed by atoms with Gasteiger partial charge in [-0.05, 0) is 18.1 Å². The summed E-state index contributed by atoms with van der Waals surface area (Å²) in [5.74, 6) is 1.09. The van der Waals surface area contributed by atoms with Crippen LogP contribution in [0.1, 0.15) is 56.2 Å². The fraction of sp³-hybridized carbons (Fsp3) is 0.471. The summed E-state index contributed by atoms with van der Waals surface area (Å²) < 4.78 is 5.67. The van der Waals surface area contributed by atoms with Gasteiger partial charge in [0.2, 0.25) is 11.6 Å². The van der Waals surface area contributed by atoms with Crippen LogP contribution in [0.2, 0.25) is 0 Å². The molecule has 0 amide bonds. The van der Waals surface area contributed by atoms with E-state index in [4.69, 9.17) is 9.68 Å². The fourth-order valence-corrected chi connectivity index (χ4v) is 2.23. The van der Waals surface area contributed by atoms with Crippen LogP contribution in [-0.4, -0.2) is 9.97 Å². The molecule has 0 aliphatic heterocycles. The summed E-state index contributed by atoms with van der Waals surface area (Å²) in [4.78, 5) is 8.31. The Hall–Kier alpha value is -2.35. The molecule has 0 aromatic carbocycles. The maximum Gasteiger partial charge on any atom is 0.232 e. The Morgan fingerprint density at radius 3 is 2.86 bits per heavy atom. The highest BCUT2D eigenvalue weighted by molar-refractivity contribution is 5.45. The van der Waals surface area contributed by atoms with Crippen LogP contribution in [0.3, 0.4) is 0 Å². The standard InChI is InChI=1S/C17H22N4O/c1-2-3-4-5-6-9-16-21-15(11-18)17(22-16)20-13-14-8-7-10-19-12-14/h7-8,10,12,20H,2-6,9,13H2,1H3. The van der Waals surface area contributed by atoms with Gasteiger partial charge in [-0.3, -0.25) is 4.98 Å². The van der Waals surface area contributed by atoms with Crippen molar-refractivity contribution in [1.82, 2.24) is 9.97 Å². The molecule has 1 N–H and O–H groups in total.